The molecule has 6 nitrogen and oxygen atoms in total. The Morgan fingerprint density at radius 2 is 1.85 bits per heavy atom. The summed E-state index contributed by atoms with van der Waals surface area (Å²) in [7, 11) is 0. The Labute approximate surface area is 243 Å². The SMILES string of the molecule is CCCCCCC1COCC(=O)[C@]2(CC[C@H]3[C@@H]4C[C@H](F)C5=CC(=O)C=C[C@]5(C)[C@@]4(F)[C@@H](O)C[C@@]32C)OC(CCC)O1. The summed E-state index contributed by atoms with van der Waals surface area (Å²) in [4.78, 5) is 26.2. The summed E-state index contributed by atoms with van der Waals surface area (Å²) in [6.45, 7) is 7.88. The van der Waals surface area contributed by atoms with Crippen LogP contribution < -0.4 is 0 Å². The number of rotatable bonds is 7. The van der Waals surface area contributed by atoms with Crippen LogP contribution in [0.3, 0.4) is 0 Å². The molecular formula is C33H48F2O6. The molecule has 0 radical (unpaired) electrons. The van der Waals surface area contributed by atoms with E-state index in [2.05, 4.69) is 6.92 Å². The molecule has 0 bridgehead atoms. The van der Waals surface area contributed by atoms with Crippen molar-refractivity contribution in [1.29, 1.82) is 0 Å². The maximum atomic E-state index is 17.5. The molecule has 1 aliphatic heterocycles. The zero-order valence-corrected chi connectivity index (χ0v) is 25.1. The number of ketones is 2. The van der Waals surface area contributed by atoms with Gasteiger partial charge in [-0.25, -0.2) is 8.78 Å². The van der Waals surface area contributed by atoms with Crippen LogP contribution in [-0.4, -0.2) is 65.8 Å². The van der Waals surface area contributed by atoms with Gasteiger partial charge in [0.05, 0.1) is 18.8 Å². The number of Topliss-reactive ketones (excluding diaryl/α,β-unsaturated/α-hetero) is 1. The van der Waals surface area contributed by atoms with Gasteiger partial charge in [-0.05, 0) is 69.1 Å². The van der Waals surface area contributed by atoms with Gasteiger partial charge in [-0.1, -0.05) is 59.0 Å². The zero-order valence-electron chi connectivity index (χ0n) is 25.1. The van der Waals surface area contributed by atoms with E-state index < -0.39 is 52.5 Å². The first-order chi connectivity index (χ1) is 19.5. The van der Waals surface area contributed by atoms with E-state index in [-0.39, 0.29) is 42.7 Å². The smallest absolute Gasteiger partial charge is 0.190 e. The number of hydrogen-bond acceptors (Lipinski definition) is 6. The van der Waals surface area contributed by atoms with E-state index in [1.165, 1.54) is 18.2 Å². The first-order valence-corrected chi connectivity index (χ1v) is 15.9. The highest BCUT2D eigenvalue weighted by Gasteiger charge is 2.76. The second-order valence-corrected chi connectivity index (χ2v) is 13.6. The Bertz CT molecular complexity index is 1080. The Morgan fingerprint density at radius 1 is 1.07 bits per heavy atom. The van der Waals surface area contributed by atoms with Crippen molar-refractivity contribution in [2.24, 2.45) is 22.7 Å². The van der Waals surface area contributed by atoms with Gasteiger partial charge in [0.25, 0.3) is 0 Å². The van der Waals surface area contributed by atoms with Crippen molar-refractivity contribution in [3.8, 4) is 0 Å². The topological polar surface area (TPSA) is 82.1 Å². The van der Waals surface area contributed by atoms with Crippen molar-refractivity contribution >= 4 is 11.6 Å². The molecule has 230 valence electrons. The average Bonchev–Trinajstić information content (AvgIpc) is 3.24. The van der Waals surface area contributed by atoms with Gasteiger partial charge in [-0.3, -0.25) is 9.59 Å². The number of halogens is 2. The number of alkyl halides is 2. The van der Waals surface area contributed by atoms with Crippen LogP contribution in [0.15, 0.2) is 23.8 Å². The lowest BCUT2D eigenvalue weighted by atomic mass is 9.44. The Hall–Kier alpha value is -1.48. The molecule has 5 rings (SSSR count). The second kappa shape index (κ2) is 11.5. The van der Waals surface area contributed by atoms with Gasteiger partial charge >= 0.3 is 0 Å². The molecule has 1 spiro atoms. The van der Waals surface area contributed by atoms with Crippen LogP contribution in [0.25, 0.3) is 0 Å². The molecule has 4 aliphatic carbocycles. The highest BCUT2D eigenvalue weighted by Crippen LogP contribution is 2.70. The molecule has 8 heteroatoms. The van der Waals surface area contributed by atoms with E-state index in [9.17, 15) is 14.7 Å². The summed E-state index contributed by atoms with van der Waals surface area (Å²) < 4.78 is 52.5. The fourth-order valence-electron chi connectivity index (χ4n) is 9.13. The number of carbonyl (C=O) groups excluding carboxylic acids is 2. The van der Waals surface area contributed by atoms with E-state index in [0.29, 0.717) is 25.9 Å². The van der Waals surface area contributed by atoms with E-state index >= 15 is 8.78 Å². The molecule has 3 saturated carbocycles. The second-order valence-electron chi connectivity index (χ2n) is 13.6. The molecule has 10 atom stereocenters. The van der Waals surface area contributed by atoms with Crippen molar-refractivity contribution in [3.05, 3.63) is 23.8 Å². The average molecular weight is 579 g/mol. The lowest BCUT2D eigenvalue weighted by Gasteiger charge is -2.63. The summed E-state index contributed by atoms with van der Waals surface area (Å²) in [6.07, 6.45) is 7.37. The van der Waals surface area contributed by atoms with Gasteiger partial charge < -0.3 is 19.3 Å². The summed E-state index contributed by atoms with van der Waals surface area (Å²) in [5.74, 6) is -1.84. The quantitative estimate of drug-likeness (QED) is 0.366. The van der Waals surface area contributed by atoms with Gasteiger partial charge in [0.1, 0.15) is 18.4 Å². The van der Waals surface area contributed by atoms with Crippen molar-refractivity contribution in [2.75, 3.05) is 13.2 Å². The third-order valence-electron chi connectivity index (χ3n) is 11.3. The minimum Gasteiger partial charge on any atom is -0.390 e. The highest BCUT2D eigenvalue weighted by atomic mass is 19.1. The number of unbranched alkanes of at least 4 members (excludes halogenated alkanes) is 3. The minimum absolute atomic E-state index is 0.0166. The summed E-state index contributed by atoms with van der Waals surface area (Å²) in [5, 5.41) is 11.7. The Balaban J connectivity index is 1.48. The lowest BCUT2D eigenvalue weighted by molar-refractivity contribution is -0.273. The van der Waals surface area contributed by atoms with Crippen LogP contribution in [0.5, 0.6) is 0 Å². The number of allylic oxidation sites excluding steroid dienone is 4. The molecule has 1 heterocycles. The van der Waals surface area contributed by atoms with Gasteiger partial charge in [0.15, 0.2) is 23.5 Å². The standard InChI is InChI=1S/C33H48F2O6/c1-5-7-8-9-11-22-19-39-20-28(38)32(41-29(40-22)10-6-2)15-13-23-24-17-26(34)25-16-21(36)12-14-30(25,3)33(24,35)27(37)18-31(23,32)4/h12,14,16,22-24,26-27,29,37H,5-11,13,15,17-20H2,1-4H3/t22?,23-,24-,26-,27-,29?,30-,31-,32-,33-/m0/s1. The fourth-order valence-corrected chi connectivity index (χ4v) is 9.13. The zero-order chi connectivity index (χ0) is 29.6. The molecule has 1 N–H and O–H groups in total. The normalized spacial score (nSPS) is 46.3. The van der Waals surface area contributed by atoms with Crippen molar-refractivity contribution in [3.63, 3.8) is 0 Å². The molecule has 0 aromatic rings. The molecule has 5 aliphatic rings. The van der Waals surface area contributed by atoms with Crippen LogP contribution in [0.2, 0.25) is 0 Å². The third kappa shape index (κ3) is 4.79. The number of fused-ring (bicyclic) bond motifs is 6. The third-order valence-corrected chi connectivity index (χ3v) is 11.3. The van der Waals surface area contributed by atoms with Gasteiger partial charge in [-0.2, -0.15) is 0 Å². The monoisotopic (exact) mass is 578 g/mol. The molecule has 1 saturated heterocycles. The summed E-state index contributed by atoms with van der Waals surface area (Å²) in [5.41, 5.74) is -5.82. The molecule has 4 fully saturated rings. The largest absolute Gasteiger partial charge is 0.390 e. The van der Waals surface area contributed by atoms with Crippen LogP contribution in [0.4, 0.5) is 8.78 Å². The molecule has 0 amide bonds. The lowest BCUT2D eigenvalue weighted by Crippen LogP contribution is -2.70. The molecule has 0 aromatic heterocycles. The van der Waals surface area contributed by atoms with Gasteiger partial charge in [0.2, 0.25) is 0 Å². The van der Waals surface area contributed by atoms with Gasteiger partial charge in [0, 0.05) is 16.7 Å². The van der Waals surface area contributed by atoms with Crippen LogP contribution >= 0.6 is 0 Å². The van der Waals surface area contributed by atoms with E-state index in [0.717, 1.165) is 38.5 Å². The fraction of sp³-hybridized carbons (Fsp3) is 0.818. The van der Waals surface area contributed by atoms with E-state index in [4.69, 9.17) is 14.2 Å². The van der Waals surface area contributed by atoms with Crippen LogP contribution in [0, 0.1) is 22.7 Å². The van der Waals surface area contributed by atoms with Crippen molar-refractivity contribution < 1.29 is 37.7 Å². The first-order valence-electron chi connectivity index (χ1n) is 15.9. The molecule has 41 heavy (non-hydrogen) atoms. The van der Waals surface area contributed by atoms with E-state index in [1.807, 2.05) is 13.8 Å². The van der Waals surface area contributed by atoms with Crippen molar-refractivity contribution in [1.82, 2.24) is 0 Å². The minimum atomic E-state index is -2.19. The number of ether oxygens (including phenoxy) is 3. The molecule has 0 aromatic carbocycles. The maximum absolute atomic E-state index is 17.5. The number of hydrogen-bond donors (Lipinski definition) is 1. The number of carbonyl (C=O) groups is 2. The summed E-state index contributed by atoms with van der Waals surface area (Å²) in [6, 6.07) is 0. The van der Waals surface area contributed by atoms with Crippen LogP contribution in [-0.2, 0) is 23.8 Å². The molecule has 2 unspecified atom stereocenters. The molecular weight excluding hydrogens is 530 g/mol. The predicted octanol–water partition coefficient (Wildman–Crippen LogP) is 6.14. The van der Waals surface area contributed by atoms with Crippen molar-refractivity contribution in [2.45, 2.75) is 134 Å². The Kier molecular flexibility index (Phi) is 8.72. The highest BCUT2D eigenvalue weighted by molar-refractivity contribution is 6.01. The number of aliphatic hydroxyl groups is 1. The summed E-state index contributed by atoms with van der Waals surface area (Å²) >= 11 is 0. The van der Waals surface area contributed by atoms with Crippen LogP contribution in [0.1, 0.15) is 98.3 Å². The van der Waals surface area contributed by atoms with Gasteiger partial charge in [-0.15, -0.1) is 0 Å². The predicted molar refractivity (Wildman–Crippen MR) is 151 cm³/mol. The Morgan fingerprint density at radius 3 is 2.59 bits per heavy atom. The maximum Gasteiger partial charge on any atom is 0.190 e. The number of aliphatic hydroxyl groups excluding tert-OH is 1. The van der Waals surface area contributed by atoms with E-state index in [1.54, 1.807) is 6.92 Å². The first kappa shape index (κ1) is 31.0.